The summed E-state index contributed by atoms with van der Waals surface area (Å²) in [4.78, 5) is 14.5. The number of amides is 1. The molecule has 24 heavy (non-hydrogen) atoms. The number of unbranched alkanes of at least 4 members (excludes halogenated alkanes) is 1. The summed E-state index contributed by atoms with van der Waals surface area (Å²) < 4.78 is 16.6. The zero-order chi connectivity index (χ0) is 16.9. The average Bonchev–Trinajstić information content (AvgIpc) is 3.44. The van der Waals surface area contributed by atoms with Crippen molar-refractivity contribution in [1.82, 2.24) is 4.90 Å². The Hall–Kier alpha value is -2.17. The maximum absolute atomic E-state index is 12.5. The lowest BCUT2D eigenvalue weighted by atomic mass is 10.1. The fraction of sp³-hybridized carbons (Fsp3) is 0.526. The van der Waals surface area contributed by atoms with Gasteiger partial charge in [0.25, 0.3) is 0 Å². The van der Waals surface area contributed by atoms with Crippen LogP contribution in [-0.2, 0) is 4.79 Å². The smallest absolute Gasteiger partial charge is 0.246 e. The molecule has 2 aliphatic rings. The van der Waals surface area contributed by atoms with Crippen molar-refractivity contribution in [3.63, 3.8) is 0 Å². The molecule has 1 aromatic carbocycles. The fourth-order valence-corrected chi connectivity index (χ4v) is 2.84. The molecule has 1 saturated carbocycles. The lowest BCUT2D eigenvalue weighted by Crippen LogP contribution is -2.32. The predicted octanol–water partition coefficient (Wildman–Crippen LogP) is 3.27. The van der Waals surface area contributed by atoms with E-state index in [-0.39, 0.29) is 5.91 Å². The first-order valence-electron chi connectivity index (χ1n) is 8.69. The third-order valence-electron chi connectivity index (χ3n) is 4.29. The Labute approximate surface area is 143 Å². The van der Waals surface area contributed by atoms with Crippen LogP contribution in [-0.4, -0.2) is 43.7 Å². The molecule has 1 aliphatic heterocycles. The molecule has 0 bridgehead atoms. The fourth-order valence-electron chi connectivity index (χ4n) is 2.84. The Morgan fingerprint density at radius 2 is 2.12 bits per heavy atom. The van der Waals surface area contributed by atoms with Crippen molar-refractivity contribution in [2.45, 2.75) is 38.6 Å². The van der Waals surface area contributed by atoms with Crippen LogP contribution < -0.4 is 14.2 Å². The average molecular weight is 331 g/mol. The minimum absolute atomic E-state index is 0.0832. The molecule has 0 aromatic heterocycles. The van der Waals surface area contributed by atoms with Crippen molar-refractivity contribution in [3.05, 3.63) is 23.8 Å². The SMILES string of the molecule is CCCCN(C(=O)/C=C/c1cc(OC)c2c(c1)OCCO2)C1CC1. The summed E-state index contributed by atoms with van der Waals surface area (Å²) in [6.45, 7) is 4.03. The van der Waals surface area contributed by atoms with Crippen molar-refractivity contribution >= 4 is 12.0 Å². The molecule has 1 aromatic rings. The molecule has 130 valence electrons. The summed E-state index contributed by atoms with van der Waals surface area (Å²) in [5.41, 5.74) is 0.871. The van der Waals surface area contributed by atoms with E-state index < -0.39 is 0 Å². The van der Waals surface area contributed by atoms with Gasteiger partial charge in [-0.05, 0) is 43.0 Å². The highest BCUT2D eigenvalue weighted by Gasteiger charge is 2.30. The first kappa shape index (κ1) is 16.7. The molecule has 1 heterocycles. The van der Waals surface area contributed by atoms with Gasteiger partial charge in [0.1, 0.15) is 13.2 Å². The number of hydrogen-bond acceptors (Lipinski definition) is 4. The highest BCUT2D eigenvalue weighted by atomic mass is 16.6. The minimum Gasteiger partial charge on any atom is -0.493 e. The van der Waals surface area contributed by atoms with Crippen LogP contribution in [0.4, 0.5) is 0 Å². The number of carbonyl (C=O) groups is 1. The summed E-state index contributed by atoms with van der Waals surface area (Å²) in [6.07, 6.45) is 7.87. The maximum atomic E-state index is 12.5. The van der Waals surface area contributed by atoms with Gasteiger partial charge < -0.3 is 19.1 Å². The van der Waals surface area contributed by atoms with E-state index in [0.29, 0.717) is 36.5 Å². The number of methoxy groups -OCH3 is 1. The zero-order valence-electron chi connectivity index (χ0n) is 14.4. The summed E-state index contributed by atoms with van der Waals surface area (Å²) in [7, 11) is 1.60. The third kappa shape index (κ3) is 3.83. The lowest BCUT2D eigenvalue weighted by molar-refractivity contribution is -0.126. The van der Waals surface area contributed by atoms with E-state index in [1.165, 1.54) is 0 Å². The second-order valence-electron chi connectivity index (χ2n) is 6.20. The van der Waals surface area contributed by atoms with Crippen LogP contribution in [0.1, 0.15) is 38.2 Å². The quantitative estimate of drug-likeness (QED) is 0.720. The molecule has 0 saturated heterocycles. The molecule has 0 N–H and O–H groups in total. The van der Waals surface area contributed by atoms with Crippen LogP contribution >= 0.6 is 0 Å². The number of hydrogen-bond donors (Lipinski definition) is 0. The Morgan fingerprint density at radius 3 is 2.83 bits per heavy atom. The Morgan fingerprint density at radius 1 is 1.33 bits per heavy atom. The van der Waals surface area contributed by atoms with Gasteiger partial charge in [-0.3, -0.25) is 4.79 Å². The molecular formula is C19H25NO4. The first-order chi connectivity index (χ1) is 11.7. The van der Waals surface area contributed by atoms with Crippen LogP contribution in [0.5, 0.6) is 17.2 Å². The van der Waals surface area contributed by atoms with Crippen LogP contribution in [0.3, 0.4) is 0 Å². The molecule has 1 fully saturated rings. The Balaban J connectivity index is 1.74. The molecule has 0 spiro atoms. The molecule has 1 amide bonds. The summed E-state index contributed by atoms with van der Waals surface area (Å²) >= 11 is 0. The van der Waals surface area contributed by atoms with Crippen molar-refractivity contribution in [2.75, 3.05) is 26.9 Å². The van der Waals surface area contributed by atoms with Gasteiger partial charge in [-0.15, -0.1) is 0 Å². The van der Waals surface area contributed by atoms with Gasteiger partial charge in [-0.2, -0.15) is 0 Å². The van der Waals surface area contributed by atoms with Crippen LogP contribution in [0.15, 0.2) is 18.2 Å². The second-order valence-corrected chi connectivity index (χ2v) is 6.20. The molecule has 5 nitrogen and oxygen atoms in total. The van der Waals surface area contributed by atoms with E-state index >= 15 is 0 Å². The van der Waals surface area contributed by atoms with Gasteiger partial charge in [0.2, 0.25) is 11.7 Å². The number of carbonyl (C=O) groups excluding carboxylic acids is 1. The second kappa shape index (κ2) is 7.60. The molecule has 1 aliphatic carbocycles. The number of nitrogens with zero attached hydrogens (tertiary/aromatic N) is 1. The number of fused-ring (bicyclic) bond motifs is 1. The third-order valence-corrected chi connectivity index (χ3v) is 4.29. The number of benzene rings is 1. The van der Waals surface area contributed by atoms with Crippen LogP contribution in [0.25, 0.3) is 6.08 Å². The topological polar surface area (TPSA) is 48.0 Å². The Kier molecular flexibility index (Phi) is 5.28. The van der Waals surface area contributed by atoms with Crippen molar-refractivity contribution in [2.24, 2.45) is 0 Å². The van der Waals surface area contributed by atoms with E-state index in [2.05, 4.69) is 6.92 Å². The summed E-state index contributed by atoms with van der Waals surface area (Å²) in [5, 5.41) is 0. The van der Waals surface area contributed by atoms with Crippen molar-refractivity contribution in [1.29, 1.82) is 0 Å². The highest BCUT2D eigenvalue weighted by Crippen LogP contribution is 2.40. The Bertz CT molecular complexity index is 605. The molecule has 0 radical (unpaired) electrons. The first-order valence-corrected chi connectivity index (χ1v) is 8.69. The molecule has 0 atom stereocenters. The van der Waals surface area contributed by atoms with Gasteiger partial charge in [0.05, 0.1) is 7.11 Å². The standard InChI is InChI=1S/C19H25NO4/c1-3-4-9-20(15-6-7-15)18(21)8-5-14-12-16(22-2)19-17(13-14)23-10-11-24-19/h5,8,12-13,15H,3-4,6-7,9-11H2,1-2H3/b8-5+. The van der Waals surface area contributed by atoms with Gasteiger partial charge in [-0.1, -0.05) is 13.3 Å². The zero-order valence-corrected chi connectivity index (χ0v) is 14.4. The molecular weight excluding hydrogens is 306 g/mol. The normalized spacial score (nSPS) is 16.2. The number of rotatable bonds is 7. The summed E-state index contributed by atoms with van der Waals surface area (Å²) in [6, 6.07) is 4.18. The van der Waals surface area contributed by atoms with Crippen LogP contribution in [0.2, 0.25) is 0 Å². The van der Waals surface area contributed by atoms with E-state index in [9.17, 15) is 4.79 Å². The van der Waals surface area contributed by atoms with Gasteiger partial charge in [0.15, 0.2) is 11.5 Å². The van der Waals surface area contributed by atoms with E-state index in [4.69, 9.17) is 14.2 Å². The minimum atomic E-state index is 0.0832. The van der Waals surface area contributed by atoms with E-state index in [1.807, 2.05) is 23.1 Å². The van der Waals surface area contributed by atoms with Crippen LogP contribution in [0, 0.1) is 0 Å². The van der Waals surface area contributed by atoms with Gasteiger partial charge in [-0.25, -0.2) is 0 Å². The largest absolute Gasteiger partial charge is 0.493 e. The molecule has 5 heteroatoms. The van der Waals surface area contributed by atoms with Crippen molar-refractivity contribution in [3.8, 4) is 17.2 Å². The number of ether oxygens (including phenoxy) is 3. The molecule has 0 unspecified atom stereocenters. The predicted molar refractivity (Wildman–Crippen MR) is 92.7 cm³/mol. The van der Waals surface area contributed by atoms with E-state index in [0.717, 1.165) is 37.8 Å². The molecule has 3 rings (SSSR count). The maximum Gasteiger partial charge on any atom is 0.246 e. The monoisotopic (exact) mass is 331 g/mol. The summed E-state index contributed by atoms with van der Waals surface area (Å²) in [5.74, 6) is 2.01. The lowest BCUT2D eigenvalue weighted by Gasteiger charge is -2.21. The van der Waals surface area contributed by atoms with Gasteiger partial charge >= 0.3 is 0 Å². The van der Waals surface area contributed by atoms with Crippen molar-refractivity contribution < 1.29 is 19.0 Å². The highest BCUT2D eigenvalue weighted by molar-refractivity contribution is 5.92. The van der Waals surface area contributed by atoms with E-state index in [1.54, 1.807) is 13.2 Å². The van der Waals surface area contributed by atoms with Gasteiger partial charge in [0, 0.05) is 18.7 Å².